The molecule has 0 unspecified atom stereocenters. The van der Waals surface area contributed by atoms with Crippen LogP contribution in [-0.4, -0.2) is 12.9 Å². The number of carbonyl (C=O) groups is 1. The van der Waals surface area contributed by atoms with Crippen LogP contribution in [-0.2, 0) is 0 Å². The molecule has 3 heteroatoms. The minimum Gasteiger partial charge on any atom is -0.497 e. The summed E-state index contributed by atoms with van der Waals surface area (Å²) in [4.78, 5) is 11.5. The van der Waals surface area contributed by atoms with Crippen molar-refractivity contribution in [2.45, 2.75) is 13.8 Å². The molecule has 2 nitrogen and oxygen atoms in total. The Labute approximate surface area is 82.7 Å². The van der Waals surface area contributed by atoms with E-state index in [1.165, 1.54) is 19.2 Å². The van der Waals surface area contributed by atoms with Crippen LogP contribution in [0.3, 0.4) is 0 Å². The first kappa shape index (κ1) is 10.7. The van der Waals surface area contributed by atoms with Gasteiger partial charge in [-0.3, -0.25) is 4.79 Å². The average molecular weight is 196 g/mol. The molecule has 0 saturated carbocycles. The standard InChI is InChI=1S/C11H13FO2/c1-7(2)11(13)8-4-9(12)6-10(5-8)14-3/h4-7H,1-3H3. The van der Waals surface area contributed by atoms with Gasteiger partial charge in [0.1, 0.15) is 11.6 Å². The Kier molecular flexibility index (Phi) is 3.23. The first-order valence-corrected chi connectivity index (χ1v) is 4.43. The van der Waals surface area contributed by atoms with Crippen LogP contribution in [0, 0.1) is 11.7 Å². The van der Waals surface area contributed by atoms with E-state index in [4.69, 9.17) is 4.74 Å². The number of ketones is 1. The molecule has 0 saturated heterocycles. The molecule has 1 aromatic carbocycles. The maximum absolute atomic E-state index is 13.0. The van der Waals surface area contributed by atoms with Crippen LogP contribution in [0.2, 0.25) is 0 Å². The van der Waals surface area contributed by atoms with Crippen LogP contribution < -0.4 is 4.74 Å². The molecule has 0 amide bonds. The van der Waals surface area contributed by atoms with Crippen molar-refractivity contribution in [3.05, 3.63) is 29.6 Å². The summed E-state index contributed by atoms with van der Waals surface area (Å²) >= 11 is 0. The molecule has 0 spiro atoms. The number of hydrogen-bond acceptors (Lipinski definition) is 2. The largest absolute Gasteiger partial charge is 0.497 e. The first-order valence-electron chi connectivity index (χ1n) is 4.43. The van der Waals surface area contributed by atoms with Gasteiger partial charge in [0, 0.05) is 17.5 Å². The molecule has 1 rings (SSSR count). The smallest absolute Gasteiger partial charge is 0.165 e. The van der Waals surface area contributed by atoms with Gasteiger partial charge in [0.2, 0.25) is 0 Å². The van der Waals surface area contributed by atoms with Crippen molar-refractivity contribution in [3.63, 3.8) is 0 Å². The van der Waals surface area contributed by atoms with Gasteiger partial charge in [0.25, 0.3) is 0 Å². The molecule has 0 bridgehead atoms. The number of hydrogen-bond donors (Lipinski definition) is 0. The molecule has 0 fully saturated rings. The quantitative estimate of drug-likeness (QED) is 0.695. The molecular weight excluding hydrogens is 183 g/mol. The van der Waals surface area contributed by atoms with E-state index in [2.05, 4.69) is 0 Å². The fourth-order valence-electron chi connectivity index (χ4n) is 1.16. The topological polar surface area (TPSA) is 26.3 Å². The van der Waals surface area contributed by atoms with E-state index in [0.717, 1.165) is 0 Å². The van der Waals surface area contributed by atoms with E-state index in [-0.39, 0.29) is 11.7 Å². The van der Waals surface area contributed by atoms with Gasteiger partial charge in [-0.2, -0.15) is 0 Å². The van der Waals surface area contributed by atoms with Crippen molar-refractivity contribution >= 4 is 5.78 Å². The van der Waals surface area contributed by atoms with Crippen LogP contribution in [0.15, 0.2) is 18.2 Å². The number of rotatable bonds is 3. The summed E-state index contributed by atoms with van der Waals surface area (Å²) in [5.74, 6) is -0.299. The summed E-state index contributed by atoms with van der Waals surface area (Å²) in [6.07, 6.45) is 0. The second-order valence-corrected chi connectivity index (χ2v) is 3.40. The van der Waals surface area contributed by atoms with E-state index in [1.54, 1.807) is 19.9 Å². The monoisotopic (exact) mass is 196 g/mol. The molecule has 0 aromatic heterocycles. The number of Topliss-reactive ketones (excluding diaryl/α,β-unsaturated/α-hetero) is 1. The maximum atomic E-state index is 13.0. The van der Waals surface area contributed by atoms with Gasteiger partial charge in [-0.25, -0.2) is 4.39 Å². The summed E-state index contributed by atoms with van der Waals surface area (Å²) < 4.78 is 17.9. The van der Waals surface area contributed by atoms with Gasteiger partial charge in [-0.05, 0) is 12.1 Å². The summed E-state index contributed by atoms with van der Waals surface area (Å²) in [6.45, 7) is 3.55. The SMILES string of the molecule is COc1cc(F)cc(C(=O)C(C)C)c1. The van der Waals surface area contributed by atoms with Crippen LogP contribution >= 0.6 is 0 Å². The molecule has 0 aliphatic heterocycles. The normalized spacial score (nSPS) is 10.4. The molecule has 0 aliphatic carbocycles. The van der Waals surface area contributed by atoms with Gasteiger partial charge < -0.3 is 4.74 Å². The number of halogens is 1. The van der Waals surface area contributed by atoms with Crippen LogP contribution in [0.1, 0.15) is 24.2 Å². The molecule has 0 heterocycles. The fourth-order valence-corrected chi connectivity index (χ4v) is 1.16. The Bertz CT molecular complexity index is 345. The molecule has 1 aromatic rings. The molecule has 0 N–H and O–H groups in total. The minimum absolute atomic E-state index is 0.0807. The molecule has 0 aliphatic rings. The van der Waals surface area contributed by atoms with E-state index >= 15 is 0 Å². The zero-order valence-electron chi connectivity index (χ0n) is 8.50. The van der Waals surface area contributed by atoms with Gasteiger partial charge >= 0.3 is 0 Å². The lowest BCUT2D eigenvalue weighted by atomic mass is 10.0. The number of carbonyl (C=O) groups excluding carboxylic acids is 1. The number of ether oxygens (including phenoxy) is 1. The van der Waals surface area contributed by atoms with Gasteiger partial charge in [0.05, 0.1) is 7.11 Å². The van der Waals surface area contributed by atoms with Crippen LogP contribution in [0.25, 0.3) is 0 Å². The van der Waals surface area contributed by atoms with Crippen molar-refractivity contribution in [3.8, 4) is 5.75 Å². The minimum atomic E-state index is -0.451. The molecule has 0 atom stereocenters. The van der Waals surface area contributed by atoms with Crippen molar-refractivity contribution in [2.75, 3.05) is 7.11 Å². The molecule has 76 valence electrons. The van der Waals surface area contributed by atoms with Gasteiger partial charge in [-0.15, -0.1) is 0 Å². The number of benzene rings is 1. The van der Waals surface area contributed by atoms with Crippen molar-refractivity contribution < 1.29 is 13.9 Å². The van der Waals surface area contributed by atoms with E-state index in [0.29, 0.717) is 11.3 Å². The summed E-state index contributed by atoms with van der Waals surface area (Å²) in [7, 11) is 1.44. The van der Waals surface area contributed by atoms with Crippen LogP contribution in [0.5, 0.6) is 5.75 Å². The predicted octanol–water partition coefficient (Wildman–Crippen LogP) is 2.67. The second kappa shape index (κ2) is 4.22. The zero-order valence-corrected chi connectivity index (χ0v) is 8.50. The average Bonchev–Trinajstić information content (AvgIpc) is 2.15. The third-order valence-electron chi connectivity index (χ3n) is 1.92. The Morgan fingerprint density at radius 1 is 1.36 bits per heavy atom. The molecule has 0 radical (unpaired) electrons. The Hall–Kier alpha value is -1.38. The Morgan fingerprint density at radius 2 is 2.00 bits per heavy atom. The lowest BCUT2D eigenvalue weighted by Crippen LogP contribution is -2.07. The van der Waals surface area contributed by atoms with Crippen molar-refractivity contribution in [1.82, 2.24) is 0 Å². The van der Waals surface area contributed by atoms with E-state index in [9.17, 15) is 9.18 Å². The first-order chi connectivity index (χ1) is 6.54. The zero-order chi connectivity index (χ0) is 10.7. The Balaban J connectivity index is 3.09. The number of methoxy groups -OCH3 is 1. The van der Waals surface area contributed by atoms with E-state index < -0.39 is 5.82 Å². The van der Waals surface area contributed by atoms with Gasteiger partial charge in [0.15, 0.2) is 5.78 Å². The molecular formula is C11H13FO2. The lowest BCUT2D eigenvalue weighted by molar-refractivity contribution is 0.0938. The highest BCUT2D eigenvalue weighted by Crippen LogP contribution is 2.18. The summed E-state index contributed by atoms with van der Waals surface area (Å²) in [5.41, 5.74) is 0.358. The van der Waals surface area contributed by atoms with Crippen molar-refractivity contribution in [2.24, 2.45) is 5.92 Å². The lowest BCUT2D eigenvalue weighted by Gasteiger charge is -2.06. The summed E-state index contributed by atoms with van der Waals surface area (Å²) in [5, 5.41) is 0. The summed E-state index contributed by atoms with van der Waals surface area (Å²) in [6, 6.07) is 4.02. The Morgan fingerprint density at radius 3 is 2.50 bits per heavy atom. The highest BCUT2D eigenvalue weighted by molar-refractivity contribution is 5.97. The second-order valence-electron chi connectivity index (χ2n) is 3.40. The van der Waals surface area contributed by atoms with Crippen molar-refractivity contribution in [1.29, 1.82) is 0 Å². The highest BCUT2D eigenvalue weighted by atomic mass is 19.1. The van der Waals surface area contributed by atoms with E-state index in [1.807, 2.05) is 0 Å². The third-order valence-corrected chi connectivity index (χ3v) is 1.92. The fraction of sp³-hybridized carbons (Fsp3) is 0.364. The predicted molar refractivity (Wildman–Crippen MR) is 52.1 cm³/mol. The highest BCUT2D eigenvalue weighted by Gasteiger charge is 2.12. The molecule has 14 heavy (non-hydrogen) atoms. The van der Waals surface area contributed by atoms with Crippen LogP contribution in [0.4, 0.5) is 4.39 Å². The van der Waals surface area contributed by atoms with Gasteiger partial charge in [-0.1, -0.05) is 13.8 Å². The third kappa shape index (κ3) is 2.31. The maximum Gasteiger partial charge on any atom is 0.165 e.